The summed E-state index contributed by atoms with van der Waals surface area (Å²) in [6.07, 6.45) is 2.97. The molecule has 1 aromatic carbocycles. The molecule has 0 aliphatic heterocycles. The minimum atomic E-state index is -5.12. The molecule has 0 saturated carbocycles. The van der Waals surface area contributed by atoms with Crippen LogP contribution in [0.2, 0.25) is 0 Å². The number of rotatable bonds is 5. The van der Waals surface area contributed by atoms with E-state index in [2.05, 4.69) is 25.3 Å². The molecule has 1 atom stereocenters. The lowest BCUT2D eigenvalue weighted by Crippen LogP contribution is -2.24. The van der Waals surface area contributed by atoms with Crippen molar-refractivity contribution in [1.29, 1.82) is 0 Å². The fraction of sp³-hybridized carbons (Fsp3) is 0.0588. The highest BCUT2D eigenvalue weighted by Gasteiger charge is 2.50. The van der Waals surface area contributed by atoms with Gasteiger partial charge in [-0.3, -0.25) is 20.2 Å². The summed E-state index contributed by atoms with van der Waals surface area (Å²) in [5, 5.41) is 21.3. The van der Waals surface area contributed by atoms with Gasteiger partial charge in [-0.25, -0.2) is 9.67 Å². The summed E-state index contributed by atoms with van der Waals surface area (Å²) in [6, 6.07) is 7.93. The maximum atomic E-state index is 13.3. The Balaban J connectivity index is 1.85. The number of non-ortho nitro benzene ring substituents is 1. The number of hydrogen-bond donors (Lipinski definition) is 2. The lowest BCUT2D eigenvalue weighted by molar-refractivity contribution is -0.384. The van der Waals surface area contributed by atoms with Gasteiger partial charge in [0.25, 0.3) is 5.69 Å². The van der Waals surface area contributed by atoms with E-state index in [1.807, 2.05) is 0 Å². The van der Waals surface area contributed by atoms with E-state index in [9.17, 15) is 27.8 Å². The molecule has 4 rings (SSSR count). The number of benzene rings is 1. The molecule has 0 aliphatic carbocycles. The summed E-state index contributed by atoms with van der Waals surface area (Å²) in [7, 11) is 0. The van der Waals surface area contributed by atoms with Gasteiger partial charge >= 0.3 is 5.51 Å². The number of nitrogen functional groups attached to an aromatic ring is 1. The van der Waals surface area contributed by atoms with E-state index in [0.717, 1.165) is 16.8 Å². The van der Waals surface area contributed by atoms with E-state index in [1.165, 1.54) is 24.5 Å². The van der Waals surface area contributed by atoms with Crippen LogP contribution in [0.5, 0.6) is 0 Å². The van der Waals surface area contributed by atoms with Crippen LogP contribution in [0.25, 0.3) is 28.6 Å². The van der Waals surface area contributed by atoms with Crippen molar-refractivity contribution < 1.29 is 22.6 Å². The van der Waals surface area contributed by atoms with Crippen molar-refractivity contribution in [3.8, 4) is 28.6 Å². The number of halogens is 3. The molecular formula is C17H11F3N8O3S. The van der Waals surface area contributed by atoms with E-state index in [0.29, 0.717) is 5.56 Å². The highest BCUT2D eigenvalue weighted by Crippen LogP contribution is 2.39. The number of aromatic nitrogens is 6. The molecule has 0 bridgehead atoms. The van der Waals surface area contributed by atoms with Crippen molar-refractivity contribution in [3.63, 3.8) is 0 Å². The second kappa shape index (κ2) is 7.93. The lowest BCUT2D eigenvalue weighted by atomic mass is 10.2. The Hall–Kier alpha value is -3.98. The first-order valence-electron chi connectivity index (χ1n) is 8.62. The van der Waals surface area contributed by atoms with Gasteiger partial charge in [-0.15, -0.1) is 13.2 Å². The summed E-state index contributed by atoms with van der Waals surface area (Å²) in [4.78, 5) is 17.4. The molecule has 0 amide bonds. The van der Waals surface area contributed by atoms with Crippen LogP contribution in [0.4, 0.5) is 24.7 Å². The molecule has 0 spiro atoms. The van der Waals surface area contributed by atoms with Crippen LogP contribution in [-0.4, -0.2) is 44.9 Å². The van der Waals surface area contributed by atoms with Gasteiger partial charge in [0.2, 0.25) is 4.90 Å². The molecule has 1 unspecified atom stereocenters. The second-order valence-electron chi connectivity index (χ2n) is 6.21. The third-order valence-electron chi connectivity index (χ3n) is 4.22. The molecule has 0 fully saturated rings. The number of hydrogen-bond acceptors (Lipinski definition) is 8. The highest BCUT2D eigenvalue weighted by atomic mass is 32.2. The molecule has 3 aromatic heterocycles. The molecule has 32 heavy (non-hydrogen) atoms. The quantitative estimate of drug-likeness (QED) is 0.258. The van der Waals surface area contributed by atoms with Crippen molar-refractivity contribution in [2.24, 2.45) is 0 Å². The van der Waals surface area contributed by atoms with Crippen molar-refractivity contribution in [2.45, 2.75) is 10.4 Å². The molecule has 0 aliphatic rings. The number of aromatic amines is 1. The number of H-pyrrole nitrogens is 1. The zero-order valence-electron chi connectivity index (χ0n) is 15.6. The van der Waals surface area contributed by atoms with Gasteiger partial charge in [-0.05, 0) is 24.3 Å². The summed E-state index contributed by atoms with van der Waals surface area (Å²) >= 11 is -3.54. The van der Waals surface area contributed by atoms with Gasteiger partial charge in [-0.2, -0.15) is 10.2 Å². The van der Waals surface area contributed by atoms with Crippen LogP contribution < -0.4 is 5.73 Å². The Morgan fingerprint density at radius 2 is 1.78 bits per heavy atom. The maximum Gasteiger partial charge on any atom is 0.578 e. The van der Waals surface area contributed by atoms with E-state index in [4.69, 9.17) is 5.73 Å². The molecule has 11 nitrogen and oxygen atoms in total. The predicted molar refractivity (Wildman–Crippen MR) is 106 cm³/mol. The van der Waals surface area contributed by atoms with Crippen LogP contribution in [-0.2, 0) is 11.2 Å². The molecule has 15 heteroatoms. The number of nitrogens with two attached hydrogens (primary N) is 1. The fourth-order valence-electron chi connectivity index (χ4n) is 2.78. The van der Waals surface area contributed by atoms with Crippen LogP contribution >= 0.6 is 0 Å². The molecule has 3 N–H and O–H groups in total. The third kappa shape index (κ3) is 3.85. The largest absolute Gasteiger partial charge is 0.604 e. The maximum absolute atomic E-state index is 13.3. The Bertz CT molecular complexity index is 1270. The predicted octanol–water partition coefficient (Wildman–Crippen LogP) is 2.84. The van der Waals surface area contributed by atoms with Crippen LogP contribution in [0.15, 0.2) is 53.7 Å². The van der Waals surface area contributed by atoms with Gasteiger partial charge in [0.15, 0.2) is 23.2 Å². The van der Waals surface area contributed by atoms with Gasteiger partial charge in [0.1, 0.15) is 11.2 Å². The number of alkyl halides is 3. The number of nitrogens with zero attached hydrogens (tertiary/aromatic N) is 6. The van der Waals surface area contributed by atoms with Crippen molar-refractivity contribution in [1.82, 2.24) is 29.9 Å². The average molecular weight is 464 g/mol. The summed E-state index contributed by atoms with van der Waals surface area (Å²) in [6.45, 7) is 0. The first-order chi connectivity index (χ1) is 15.2. The fourth-order valence-corrected chi connectivity index (χ4v) is 3.60. The number of nitro benzene ring substituents is 1. The smallest absolute Gasteiger partial charge is 0.578 e. The monoisotopic (exact) mass is 464 g/mol. The number of nitro groups is 1. The van der Waals surface area contributed by atoms with Crippen LogP contribution in [0.3, 0.4) is 0 Å². The van der Waals surface area contributed by atoms with Gasteiger partial charge < -0.3 is 10.3 Å². The Morgan fingerprint density at radius 3 is 2.38 bits per heavy atom. The van der Waals surface area contributed by atoms with Gasteiger partial charge in [0, 0.05) is 30.1 Å². The van der Waals surface area contributed by atoms with Crippen LogP contribution in [0.1, 0.15) is 0 Å². The molecule has 164 valence electrons. The molecule has 3 heterocycles. The van der Waals surface area contributed by atoms with Crippen molar-refractivity contribution >= 4 is 22.7 Å². The van der Waals surface area contributed by atoms with E-state index < -0.39 is 38.0 Å². The minimum Gasteiger partial charge on any atom is -0.604 e. The first-order valence-corrected chi connectivity index (χ1v) is 9.77. The first kappa shape index (κ1) is 21.3. The zero-order valence-corrected chi connectivity index (χ0v) is 16.5. The van der Waals surface area contributed by atoms with Crippen molar-refractivity contribution in [3.05, 3.63) is 58.9 Å². The molecule has 0 saturated heterocycles. The van der Waals surface area contributed by atoms with E-state index >= 15 is 0 Å². The van der Waals surface area contributed by atoms with Gasteiger partial charge in [-0.1, -0.05) is 0 Å². The van der Waals surface area contributed by atoms with E-state index in [1.54, 1.807) is 12.1 Å². The van der Waals surface area contributed by atoms with E-state index in [-0.39, 0.29) is 23.0 Å². The Labute approximate surface area is 179 Å². The minimum absolute atomic E-state index is 0.119. The summed E-state index contributed by atoms with van der Waals surface area (Å²) in [5.74, 6) is -0.613. The normalized spacial score (nSPS) is 12.6. The standard InChI is InChI=1S/C17H11F3N8O3S/c18-17(19,20)32(31)13-12(16-23-15(24-25-16)9-5-7-22-8-6-9)26-27(14(13)21)10-1-3-11(4-2-10)28(29)30/h1-8H,21H2,(H,23,24,25). The average Bonchev–Trinajstić information content (AvgIpc) is 3.38. The SMILES string of the molecule is Nc1c([S+]([O-])C(F)(F)F)c(-c2nc(-c3ccncc3)n[nH]2)nn1-c1ccc([N+](=O)[O-])cc1. The van der Waals surface area contributed by atoms with Crippen molar-refractivity contribution in [2.75, 3.05) is 5.73 Å². The van der Waals surface area contributed by atoms with Gasteiger partial charge in [0.05, 0.1) is 10.6 Å². The summed E-state index contributed by atoms with van der Waals surface area (Å²) in [5.41, 5.74) is 0.749. The highest BCUT2D eigenvalue weighted by molar-refractivity contribution is 7.92. The second-order valence-corrected chi connectivity index (χ2v) is 7.61. The summed E-state index contributed by atoms with van der Waals surface area (Å²) < 4.78 is 53.1. The number of pyridine rings is 1. The lowest BCUT2D eigenvalue weighted by Gasteiger charge is -2.12. The number of anilines is 1. The third-order valence-corrected chi connectivity index (χ3v) is 5.42. The molecular weight excluding hydrogens is 453 g/mol. The number of nitrogens with one attached hydrogen (secondary N) is 1. The molecule has 0 radical (unpaired) electrons. The Kier molecular flexibility index (Phi) is 5.27. The topological polar surface area (TPSA) is 164 Å². The Morgan fingerprint density at radius 1 is 1.12 bits per heavy atom. The van der Waals surface area contributed by atoms with Crippen LogP contribution in [0, 0.1) is 10.1 Å². The molecule has 4 aromatic rings. The zero-order chi connectivity index (χ0) is 23.0.